The highest BCUT2D eigenvalue weighted by atomic mass is 35.5. The first kappa shape index (κ1) is 27.8. The lowest BCUT2D eigenvalue weighted by Gasteiger charge is -2.56. The zero-order valence-corrected chi connectivity index (χ0v) is 22.6. The van der Waals surface area contributed by atoms with Crippen molar-refractivity contribution in [2.24, 2.45) is 0 Å². The minimum atomic E-state index is -4.82. The molecule has 3 aromatic carbocycles. The first-order valence-corrected chi connectivity index (χ1v) is 14.3. The summed E-state index contributed by atoms with van der Waals surface area (Å²) in [7, 11) is -4.49. The molecule has 3 aromatic rings. The van der Waals surface area contributed by atoms with Crippen LogP contribution >= 0.6 is 11.6 Å². The molecule has 206 valence electrons. The van der Waals surface area contributed by atoms with Gasteiger partial charge in [0.2, 0.25) is 10.0 Å². The maximum absolute atomic E-state index is 14.3. The maximum Gasteiger partial charge on any atom is 0.417 e. The number of nitrogens with zero attached hydrogens (tertiary/aromatic N) is 2. The number of halogens is 5. The van der Waals surface area contributed by atoms with Crippen molar-refractivity contribution >= 4 is 21.6 Å². The molecule has 1 fully saturated rings. The fraction of sp³-hybridized carbons (Fsp3) is 0.310. The summed E-state index contributed by atoms with van der Waals surface area (Å²) in [6, 6.07) is 16.7. The third-order valence-corrected chi connectivity index (χ3v) is 10.0. The maximum atomic E-state index is 14.3. The monoisotopic (exact) mass is 578 g/mol. The summed E-state index contributed by atoms with van der Waals surface area (Å²) in [5.74, 6) is -0.327. The van der Waals surface area contributed by atoms with Crippen molar-refractivity contribution in [2.75, 3.05) is 26.3 Å². The van der Waals surface area contributed by atoms with Crippen LogP contribution in [0.3, 0.4) is 0 Å². The van der Waals surface area contributed by atoms with Gasteiger partial charge in [0.15, 0.2) is 0 Å². The Morgan fingerprint density at radius 3 is 2.33 bits per heavy atom. The Hall–Kier alpha value is -2.72. The Kier molecular flexibility index (Phi) is 7.63. The number of sulfonamides is 1. The van der Waals surface area contributed by atoms with E-state index in [1.54, 1.807) is 12.2 Å². The minimum Gasteiger partial charge on any atom is -0.289 e. The lowest BCUT2D eigenvalue weighted by atomic mass is 9.74. The molecule has 2 aliphatic heterocycles. The third-order valence-electron chi connectivity index (χ3n) is 7.71. The smallest absolute Gasteiger partial charge is 0.289 e. The van der Waals surface area contributed by atoms with Crippen molar-refractivity contribution in [2.45, 2.75) is 36.0 Å². The Morgan fingerprint density at radius 1 is 0.949 bits per heavy atom. The Bertz CT molecular complexity index is 1490. The first-order valence-electron chi connectivity index (χ1n) is 12.5. The number of hydrogen-bond acceptors (Lipinski definition) is 3. The van der Waals surface area contributed by atoms with Crippen LogP contribution < -0.4 is 0 Å². The summed E-state index contributed by atoms with van der Waals surface area (Å²) in [6.07, 6.45) is -1.47. The Labute approximate surface area is 230 Å². The number of alkyl halides is 4. The van der Waals surface area contributed by atoms with E-state index >= 15 is 0 Å². The average Bonchev–Trinajstić information content (AvgIpc) is 2.89. The molecule has 0 bridgehead atoms. The molecule has 0 radical (unpaired) electrons. The minimum absolute atomic E-state index is 0.0603. The van der Waals surface area contributed by atoms with Crippen LogP contribution in [0.15, 0.2) is 83.8 Å². The second kappa shape index (κ2) is 10.7. The highest BCUT2D eigenvalue weighted by Crippen LogP contribution is 2.43. The van der Waals surface area contributed by atoms with Crippen LogP contribution in [0.25, 0.3) is 11.1 Å². The SMILES string of the molecule is Cc1c(Cl)cccc1-c1ccc([C@@H]2C(CF)N3C/C=C\CN(S(=O)(=O)c4ccccc4C(F)(F)F)C[C@@H]23)cc1. The summed E-state index contributed by atoms with van der Waals surface area (Å²) in [6.45, 7) is 1.60. The topological polar surface area (TPSA) is 40.6 Å². The molecule has 0 amide bonds. The van der Waals surface area contributed by atoms with Crippen LogP contribution in [-0.4, -0.2) is 56.0 Å². The van der Waals surface area contributed by atoms with E-state index in [1.165, 1.54) is 12.1 Å². The zero-order valence-electron chi connectivity index (χ0n) is 21.1. The molecule has 1 unspecified atom stereocenters. The van der Waals surface area contributed by atoms with Crippen LogP contribution in [-0.2, 0) is 16.2 Å². The molecule has 0 N–H and O–H groups in total. The van der Waals surface area contributed by atoms with E-state index in [9.17, 15) is 26.0 Å². The molecule has 0 spiro atoms. The van der Waals surface area contributed by atoms with E-state index < -0.39 is 45.4 Å². The van der Waals surface area contributed by atoms with Gasteiger partial charge in [-0.2, -0.15) is 17.5 Å². The summed E-state index contributed by atoms with van der Waals surface area (Å²) in [4.78, 5) is 1.10. The summed E-state index contributed by atoms with van der Waals surface area (Å²) in [5.41, 5.74) is 2.50. The number of hydrogen-bond donors (Lipinski definition) is 0. The van der Waals surface area contributed by atoms with Crippen molar-refractivity contribution in [3.8, 4) is 11.1 Å². The molecule has 4 nitrogen and oxygen atoms in total. The highest BCUT2D eigenvalue weighted by molar-refractivity contribution is 7.89. The molecular formula is C29H27ClF4N2O2S. The van der Waals surface area contributed by atoms with E-state index in [1.807, 2.05) is 54.3 Å². The molecule has 5 rings (SSSR count). The van der Waals surface area contributed by atoms with E-state index in [2.05, 4.69) is 0 Å². The van der Waals surface area contributed by atoms with Gasteiger partial charge in [-0.3, -0.25) is 4.90 Å². The van der Waals surface area contributed by atoms with Crippen molar-refractivity contribution in [3.05, 3.63) is 101 Å². The fourth-order valence-corrected chi connectivity index (χ4v) is 7.47. The van der Waals surface area contributed by atoms with Crippen molar-refractivity contribution in [1.82, 2.24) is 9.21 Å². The van der Waals surface area contributed by atoms with Crippen LogP contribution in [0.2, 0.25) is 5.02 Å². The van der Waals surface area contributed by atoms with Gasteiger partial charge in [-0.05, 0) is 47.4 Å². The second-order valence-electron chi connectivity index (χ2n) is 9.83. The van der Waals surface area contributed by atoms with Crippen molar-refractivity contribution in [3.63, 3.8) is 0 Å². The van der Waals surface area contributed by atoms with Crippen molar-refractivity contribution in [1.29, 1.82) is 0 Å². The Morgan fingerprint density at radius 2 is 1.64 bits per heavy atom. The molecule has 0 aromatic heterocycles. The van der Waals surface area contributed by atoms with Gasteiger partial charge in [0.05, 0.1) is 10.5 Å². The van der Waals surface area contributed by atoms with Crippen LogP contribution in [0.1, 0.15) is 22.6 Å². The van der Waals surface area contributed by atoms with Crippen LogP contribution in [0.5, 0.6) is 0 Å². The van der Waals surface area contributed by atoms with E-state index in [4.69, 9.17) is 11.6 Å². The number of benzene rings is 3. The number of fused-ring (bicyclic) bond motifs is 1. The molecule has 1 saturated heterocycles. The van der Waals surface area contributed by atoms with Crippen molar-refractivity contribution < 1.29 is 26.0 Å². The van der Waals surface area contributed by atoms with Crippen LogP contribution in [0.4, 0.5) is 17.6 Å². The van der Waals surface area contributed by atoms with Gasteiger partial charge in [0.25, 0.3) is 0 Å². The molecule has 0 aliphatic carbocycles. The molecule has 0 saturated carbocycles. The molecule has 2 aliphatic rings. The predicted octanol–water partition coefficient (Wildman–Crippen LogP) is 6.70. The normalized spacial score (nSPS) is 23.4. The molecule has 10 heteroatoms. The fourth-order valence-electron chi connectivity index (χ4n) is 5.67. The zero-order chi connectivity index (χ0) is 27.9. The van der Waals surface area contributed by atoms with E-state index in [0.717, 1.165) is 38.7 Å². The second-order valence-corrected chi connectivity index (χ2v) is 12.1. The summed E-state index contributed by atoms with van der Waals surface area (Å²) in [5, 5.41) is 0.652. The third kappa shape index (κ3) is 5.13. The lowest BCUT2D eigenvalue weighted by molar-refractivity contribution is -0.139. The molecule has 39 heavy (non-hydrogen) atoms. The van der Waals surface area contributed by atoms with Gasteiger partial charge in [-0.1, -0.05) is 72.3 Å². The van der Waals surface area contributed by atoms with Gasteiger partial charge < -0.3 is 0 Å². The quantitative estimate of drug-likeness (QED) is 0.250. The molecular weight excluding hydrogens is 552 g/mol. The predicted molar refractivity (Wildman–Crippen MR) is 144 cm³/mol. The van der Waals surface area contributed by atoms with Gasteiger partial charge >= 0.3 is 6.18 Å². The summed E-state index contributed by atoms with van der Waals surface area (Å²) < 4.78 is 83.4. The van der Waals surface area contributed by atoms with Gasteiger partial charge in [0.1, 0.15) is 6.67 Å². The van der Waals surface area contributed by atoms with Gasteiger partial charge in [-0.15, -0.1) is 0 Å². The summed E-state index contributed by atoms with van der Waals surface area (Å²) >= 11 is 6.28. The van der Waals surface area contributed by atoms with Crippen LogP contribution in [0, 0.1) is 6.92 Å². The Balaban J connectivity index is 1.47. The highest BCUT2D eigenvalue weighted by Gasteiger charge is 2.50. The number of rotatable bonds is 5. The van der Waals surface area contributed by atoms with E-state index in [-0.39, 0.29) is 19.0 Å². The molecule has 3 atom stereocenters. The molecule has 2 heterocycles. The first-order chi connectivity index (χ1) is 18.5. The average molecular weight is 579 g/mol. The van der Waals surface area contributed by atoms with Gasteiger partial charge in [-0.25, -0.2) is 12.8 Å². The standard InChI is InChI=1S/C29H27ClF4N2O2S/c1-19-22(7-6-9-24(19)30)20-11-13-21(14-12-20)28-25(17-31)36-16-5-4-15-35(18-26(28)36)39(37,38)27-10-3-2-8-23(27)29(32,33)34/h2-14,25-26,28H,15-18H2,1H3/b5-4-/t25?,26-,28+/m0/s1. The largest absolute Gasteiger partial charge is 0.417 e. The van der Waals surface area contributed by atoms with E-state index in [0.29, 0.717) is 11.6 Å². The van der Waals surface area contributed by atoms with Gasteiger partial charge in [0, 0.05) is 42.7 Å². The lowest BCUT2D eigenvalue weighted by Crippen LogP contribution is -2.67.